The zero-order valence-electron chi connectivity index (χ0n) is 9.90. The second kappa shape index (κ2) is 11.5. The molecule has 0 radical (unpaired) electrons. The van der Waals surface area contributed by atoms with Gasteiger partial charge in [-0.15, -0.1) is 0 Å². The van der Waals surface area contributed by atoms with E-state index in [1.54, 1.807) is 0 Å². The molecule has 86 valence electrons. The smallest absolute Gasteiger partial charge is 0.0159 e. The Hall–Kier alpha value is 0.440. The lowest BCUT2D eigenvalue weighted by atomic mass is 10.1. The summed E-state index contributed by atoms with van der Waals surface area (Å²) in [7, 11) is 0. The summed E-state index contributed by atoms with van der Waals surface area (Å²) in [6.07, 6.45) is 8.25. The zero-order chi connectivity index (χ0) is 10.6. The van der Waals surface area contributed by atoms with Crippen molar-refractivity contribution in [2.24, 2.45) is 0 Å². The fraction of sp³-hybridized carbons (Fsp3) is 1.00. The maximum absolute atomic E-state index is 3.51. The predicted molar refractivity (Wildman–Crippen MR) is 69.3 cm³/mol. The van der Waals surface area contributed by atoms with Gasteiger partial charge in [0.25, 0.3) is 0 Å². The highest BCUT2D eigenvalue weighted by Gasteiger charge is 2.01. The summed E-state index contributed by atoms with van der Waals surface area (Å²) in [6, 6.07) is 0. The van der Waals surface area contributed by atoms with Crippen molar-refractivity contribution in [1.82, 2.24) is 4.90 Å². The second-order valence-electron chi connectivity index (χ2n) is 3.94. The van der Waals surface area contributed by atoms with Gasteiger partial charge in [-0.1, -0.05) is 55.5 Å². The van der Waals surface area contributed by atoms with Crippen LogP contribution >= 0.6 is 15.9 Å². The van der Waals surface area contributed by atoms with Gasteiger partial charge in [-0.2, -0.15) is 0 Å². The largest absolute Gasteiger partial charge is 0.303 e. The molecule has 0 aliphatic carbocycles. The predicted octanol–water partition coefficient (Wildman–Crippen LogP) is 4.06. The zero-order valence-corrected chi connectivity index (χ0v) is 11.5. The van der Waals surface area contributed by atoms with Crippen molar-refractivity contribution in [2.45, 2.75) is 52.4 Å². The maximum Gasteiger partial charge on any atom is 0.0159 e. The van der Waals surface area contributed by atoms with Gasteiger partial charge in [0, 0.05) is 11.9 Å². The molecule has 0 N–H and O–H groups in total. The van der Waals surface area contributed by atoms with E-state index in [0.29, 0.717) is 0 Å². The summed E-state index contributed by atoms with van der Waals surface area (Å²) in [5, 5.41) is 1.11. The fourth-order valence-corrected chi connectivity index (χ4v) is 2.21. The third-order valence-electron chi connectivity index (χ3n) is 2.52. The molecule has 0 saturated carbocycles. The standard InChI is InChI=1S/C12H26BrN/c1-3-5-6-7-8-11-14(10-4-2)12-9-13/h3-12H2,1-2H3. The molecule has 0 rings (SSSR count). The van der Waals surface area contributed by atoms with E-state index in [4.69, 9.17) is 0 Å². The number of nitrogens with zero attached hydrogens (tertiary/aromatic N) is 1. The van der Waals surface area contributed by atoms with Crippen molar-refractivity contribution in [2.75, 3.05) is 25.0 Å². The van der Waals surface area contributed by atoms with Crippen LogP contribution in [-0.4, -0.2) is 29.9 Å². The molecule has 0 aromatic carbocycles. The molecule has 2 heteroatoms. The monoisotopic (exact) mass is 263 g/mol. The van der Waals surface area contributed by atoms with Gasteiger partial charge >= 0.3 is 0 Å². The lowest BCUT2D eigenvalue weighted by Gasteiger charge is -2.20. The number of hydrogen-bond acceptors (Lipinski definition) is 1. The number of unbranched alkanes of at least 4 members (excludes halogenated alkanes) is 4. The summed E-state index contributed by atoms with van der Waals surface area (Å²) in [4.78, 5) is 2.57. The first-order valence-corrected chi connectivity index (χ1v) is 7.25. The minimum Gasteiger partial charge on any atom is -0.303 e. The molecule has 0 bridgehead atoms. The van der Waals surface area contributed by atoms with Gasteiger partial charge in [0.2, 0.25) is 0 Å². The molecule has 0 aromatic rings. The topological polar surface area (TPSA) is 3.24 Å². The fourth-order valence-electron chi connectivity index (χ4n) is 1.71. The van der Waals surface area contributed by atoms with Crippen molar-refractivity contribution in [3.05, 3.63) is 0 Å². The van der Waals surface area contributed by atoms with Crippen LogP contribution in [-0.2, 0) is 0 Å². The van der Waals surface area contributed by atoms with E-state index in [9.17, 15) is 0 Å². The van der Waals surface area contributed by atoms with Crippen LogP contribution in [0.2, 0.25) is 0 Å². The van der Waals surface area contributed by atoms with Crippen LogP contribution in [0.3, 0.4) is 0 Å². The quantitative estimate of drug-likeness (QED) is 0.425. The average Bonchev–Trinajstić information content (AvgIpc) is 2.18. The molecular weight excluding hydrogens is 238 g/mol. The van der Waals surface area contributed by atoms with Gasteiger partial charge in [-0.3, -0.25) is 0 Å². The SMILES string of the molecule is CCCCCCCN(CCC)CCBr. The summed E-state index contributed by atoms with van der Waals surface area (Å²) in [6.45, 7) is 8.30. The Bertz CT molecular complexity index is 100. The van der Waals surface area contributed by atoms with Crippen LogP contribution in [0.15, 0.2) is 0 Å². The Kier molecular flexibility index (Phi) is 11.9. The average molecular weight is 264 g/mol. The third-order valence-corrected chi connectivity index (χ3v) is 2.87. The third kappa shape index (κ3) is 9.01. The molecule has 0 fully saturated rings. The van der Waals surface area contributed by atoms with Crippen LogP contribution in [0.4, 0.5) is 0 Å². The molecule has 0 saturated heterocycles. The van der Waals surface area contributed by atoms with Crippen molar-refractivity contribution >= 4 is 15.9 Å². The highest BCUT2D eigenvalue weighted by atomic mass is 79.9. The highest BCUT2D eigenvalue weighted by Crippen LogP contribution is 2.04. The molecule has 1 nitrogen and oxygen atoms in total. The van der Waals surface area contributed by atoms with E-state index in [0.717, 1.165) is 5.33 Å². The van der Waals surface area contributed by atoms with Crippen LogP contribution < -0.4 is 0 Å². The van der Waals surface area contributed by atoms with E-state index in [1.807, 2.05) is 0 Å². The van der Waals surface area contributed by atoms with Gasteiger partial charge < -0.3 is 4.90 Å². The van der Waals surface area contributed by atoms with Crippen molar-refractivity contribution in [3.63, 3.8) is 0 Å². The molecule has 0 unspecified atom stereocenters. The lowest BCUT2D eigenvalue weighted by Crippen LogP contribution is -2.27. The molecule has 0 amide bonds. The van der Waals surface area contributed by atoms with Gasteiger partial charge in [-0.05, 0) is 25.9 Å². The molecule has 14 heavy (non-hydrogen) atoms. The molecule has 0 aliphatic heterocycles. The summed E-state index contributed by atoms with van der Waals surface area (Å²) < 4.78 is 0. The summed E-state index contributed by atoms with van der Waals surface area (Å²) in [5.74, 6) is 0. The number of alkyl halides is 1. The first-order chi connectivity index (χ1) is 6.85. The minimum absolute atomic E-state index is 1.11. The van der Waals surface area contributed by atoms with Crippen molar-refractivity contribution in [1.29, 1.82) is 0 Å². The summed E-state index contributed by atoms with van der Waals surface area (Å²) in [5.41, 5.74) is 0. The Labute approximate surface area is 98.4 Å². The van der Waals surface area contributed by atoms with Crippen molar-refractivity contribution in [3.8, 4) is 0 Å². The van der Waals surface area contributed by atoms with E-state index in [-0.39, 0.29) is 0 Å². The van der Waals surface area contributed by atoms with Crippen LogP contribution in [0.1, 0.15) is 52.4 Å². The van der Waals surface area contributed by atoms with Gasteiger partial charge in [0.1, 0.15) is 0 Å². The number of halogens is 1. The maximum atomic E-state index is 3.51. The molecular formula is C12H26BrN. The van der Waals surface area contributed by atoms with E-state index >= 15 is 0 Å². The molecule has 0 spiro atoms. The Morgan fingerprint density at radius 2 is 1.50 bits per heavy atom. The van der Waals surface area contributed by atoms with Crippen LogP contribution in [0, 0.1) is 0 Å². The summed E-state index contributed by atoms with van der Waals surface area (Å²) >= 11 is 3.51. The Morgan fingerprint density at radius 3 is 2.07 bits per heavy atom. The van der Waals surface area contributed by atoms with Crippen LogP contribution in [0.5, 0.6) is 0 Å². The van der Waals surface area contributed by atoms with Crippen LogP contribution in [0.25, 0.3) is 0 Å². The lowest BCUT2D eigenvalue weighted by molar-refractivity contribution is 0.284. The Morgan fingerprint density at radius 1 is 0.786 bits per heavy atom. The highest BCUT2D eigenvalue weighted by molar-refractivity contribution is 9.09. The molecule has 0 aromatic heterocycles. The number of hydrogen-bond donors (Lipinski definition) is 0. The molecule has 0 aliphatic rings. The van der Waals surface area contributed by atoms with E-state index < -0.39 is 0 Å². The van der Waals surface area contributed by atoms with Gasteiger partial charge in [-0.25, -0.2) is 0 Å². The first-order valence-electron chi connectivity index (χ1n) is 6.13. The van der Waals surface area contributed by atoms with E-state index in [1.165, 1.54) is 58.2 Å². The normalized spacial score (nSPS) is 11.1. The van der Waals surface area contributed by atoms with Crippen molar-refractivity contribution < 1.29 is 0 Å². The number of rotatable bonds is 10. The Balaban J connectivity index is 3.30. The molecule has 0 heterocycles. The van der Waals surface area contributed by atoms with Gasteiger partial charge in [0.15, 0.2) is 0 Å². The first kappa shape index (κ1) is 14.4. The molecule has 0 atom stereocenters. The second-order valence-corrected chi connectivity index (χ2v) is 4.74. The van der Waals surface area contributed by atoms with E-state index in [2.05, 4.69) is 34.7 Å². The minimum atomic E-state index is 1.11. The van der Waals surface area contributed by atoms with Gasteiger partial charge in [0.05, 0.1) is 0 Å².